The number of furan rings is 1. The number of aryl methyl sites for hydroxylation is 2. The van der Waals surface area contributed by atoms with Crippen LogP contribution in [0.2, 0.25) is 0 Å². The Balaban J connectivity index is 1.50. The van der Waals surface area contributed by atoms with Crippen molar-refractivity contribution in [3.8, 4) is 6.07 Å². The Morgan fingerprint density at radius 2 is 1.52 bits per heavy atom. The summed E-state index contributed by atoms with van der Waals surface area (Å²) in [4.78, 5) is 12.8. The van der Waals surface area contributed by atoms with Gasteiger partial charge in [-0.3, -0.25) is 4.79 Å². The third-order valence-electron chi connectivity index (χ3n) is 6.35. The Kier molecular flexibility index (Phi) is 9.33. The first-order valence-electron chi connectivity index (χ1n) is 12.9. The van der Waals surface area contributed by atoms with Gasteiger partial charge in [-0.15, -0.1) is 0 Å². The highest BCUT2D eigenvalue weighted by molar-refractivity contribution is 7.89. The van der Waals surface area contributed by atoms with Crippen molar-refractivity contribution in [2.75, 3.05) is 6.54 Å². The van der Waals surface area contributed by atoms with Gasteiger partial charge in [-0.1, -0.05) is 77.9 Å². The molecule has 3 aromatic carbocycles. The molecular formula is C32H31N3O4S. The van der Waals surface area contributed by atoms with E-state index in [-0.39, 0.29) is 29.3 Å². The monoisotopic (exact) mass is 553 g/mol. The number of carbonyl (C=O) groups excluding carboxylic acids is 1. The fourth-order valence-electron chi connectivity index (χ4n) is 4.06. The van der Waals surface area contributed by atoms with Crippen LogP contribution in [0.3, 0.4) is 0 Å². The highest BCUT2D eigenvalue weighted by Crippen LogP contribution is 2.23. The highest BCUT2D eigenvalue weighted by Gasteiger charge is 2.26. The number of hydrogen-bond donors (Lipinski definition) is 1. The highest BCUT2D eigenvalue weighted by atomic mass is 32.2. The van der Waals surface area contributed by atoms with Crippen molar-refractivity contribution in [2.24, 2.45) is 0 Å². The minimum Gasteiger partial charge on any atom is -0.460 e. The molecule has 1 heterocycles. The largest absolute Gasteiger partial charge is 0.460 e. The van der Waals surface area contributed by atoms with Crippen LogP contribution in [-0.4, -0.2) is 25.2 Å². The lowest BCUT2D eigenvalue weighted by molar-refractivity contribution is -0.117. The molecule has 0 saturated heterocycles. The van der Waals surface area contributed by atoms with E-state index >= 15 is 0 Å². The molecule has 1 N–H and O–H groups in total. The summed E-state index contributed by atoms with van der Waals surface area (Å²) in [6, 6.07) is 29.3. The first kappa shape index (κ1) is 28.6. The first-order chi connectivity index (χ1) is 19.2. The van der Waals surface area contributed by atoms with Gasteiger partial charge in [0, 0.05) is 19.2 Å². The second-order valence-corrected chi connectivity index (χ2v) is 11.5. The third-order valence-corrected chi connectivity index (χ3v) is 8.15. The van der Waals surface area contributed by atoms with Gasteiger partial charge < -0.3 is 9.73 Å². The summed E-state index contributed by atoms with van der Waals surface area (Å²) in [5, 5.41) is 12.3. The molecule has 0 saturated carbocycles. The van der Waals surface area contributed by atoms with Crippen LogP contribution in [0.25, 0.3) is 6.08 Å². The molecule has 0 aliphatic rings. The van der Waals surface area contributed by atoms with Crippen molar-refractivity contribution in [3.05, 3.63) is 130 Å². The molecule has 40 heavy (non-hydrogen) atoms. The van der Waals surface area contributed by atoms with Crippen LogP contribution in [0, 0.1) is 25.2 Å². The van der Waals surface area contributed by atoms with Gasteiger partial charge in [-0.25, -0.2) is 8.42 Å². The third kappa shape index (κ3) is 7.56. The summed E-state index contributed by atoms with van der Waals surface area (Å²) in [6.45, 7) is 4.38. The molecule has 4 rings (SSSR count). The van der Waals surface area contributed by atoms with E-state index in [0.29, 0.717) is 18.7 Å². The molecule has 7 nitrogen and oxygen atoms in total. The van der Waals surface area contributed by atoms with Crippen molar-refractivity contribution >= 4 is 22.0 Å². The fourth-order valence-corrected chi connectivity index (χ4v) is 5.46. The number of rotatable bonds is 11. The maximum absolute atomic E-state index is 13.6. The van der Waals surface area contributed by atoms with Crippen LogP contribution >= 0.6 is 0 Å². The number of hydrogen-bond acceptors (Lipinski definition) is 5. The van der Waals surface area contributed by atoms with E-state index in [1.165, 1.54) is 10.4 Å². The van der Waals surface area contributed by atoms with E-state index in [2.05, 4.69) is 5.32 Å². The molecule has 0 radical (unpaired) electrons. The van der Waals surface area contributed by atoms with Crippen LogP contribution in [0.4, 0.5) is 0 Å². The zero-order valence-electron chi connectivity index (χ0n) is 22.5. The lowest BCUT2D eigenvalue weighted by Crippen LogP contribution is -2.30. The van der Waals surface area contributed by atoms with Crippen molar-refractivity contribution in [1.29, 1.82) is 5.26 Å². The van der Waals surface area contributed by atoms with E-state index < -0.39 is 15.9 Å². The summed E-state index contributed by atoms with van der Waals surface area (Å²) in [7, 11) is -3.85. The average molecular weight is 554 g/mol. The number of carbonyl (C=O) groups is 1. The number of nitriles is 1. The quantitative estimate of drug-likeness (QED) is 0.194. The van der Waals surface area contributed by atoms with E-state index in [4.69, 9.17) is 4.42 Å². The van der Waals surface area contributed by atoms with Crippen molar-refractivity contribution < 1.29 is 17.6 Å². The summed E-state index contributed by atoms with van der Waals surface area (Å²) in [5.74, 6) is 0.169. The van der Waals surface area contributed by atoms with E-state index in [1.807, 2.05) is 74.5 Å². The molecule has 0 atom stereocenters. The van der Waals surface area contributed by atoms with E-state index in [9.17, 15) is 18.5 Å². The van der Waals surface area contributed by atoms with Gasteiger partial charge in [0.05, 0.1) is 11.4 Å². The Hall–Kier alpha value is -4.45. The van der Waals surface area contributed by atoms with Gasteiger partial charge in [0.15, 0.2) is 0 Å². The maximum Gasteiger partial charge on any atom is 0.262 e. The molecule has 1 aromatic heterocycles. The summed E-state index contributed by atoms with van der Waals surface area (Å²) >= 11 is 0. The molecule has 4 aromatic rings. The SMILES string of the molecule is Cc1ccc(CN(Cc2ccc(/C=C(/C#N)C(=O)NCCc3ccccc3)o2)S(=O)(=O)c2ccc(C)cc2)cc1. The molecule has 0 aliphatic heterocycles. The molecule has 0 fully saturated rings. The van der Waals surface area contributed by atoms with Gasteiger partial charge in [0.25, 0.3) is 5.91 Å². The summed E-state index contributed by atoms with van der Waals surface area (Å²) in [6.07, 6.45) is 2.00. The van der Waals surface area contributed by atoms with Crippen LogP contribution in [0.5, 0.6) is 0 Å². The summed E-state index contributed by atoms with van der Waals surface area (Å²) in [5.41, 5.74) is 3.86. The Bertz CT molecular complexity index is 1620. The normalized spacial score (nSPS) is 11.8. The molecule has 204 valence electrons. The number of nitrogens with one attached hydrogen (secondary N) is 1. The number of amides is 1. The number of sulfonamides is 1. The molecule has 1 amide bonds. The topological polar surface area (TPSA) is 103 Å². The minimum atomic E-state index is -3.85. The maximum atomic E-state index is 13.6. The van der Waals surface area contributed by atoms with E-state index in [1.54, 1.807) is 36.4 Å². The Labute approximate surface area is 235 Å². The molecule has 0 aliphatic carbocycles. The van der Waals surface area contributed by atoms with Gasteiger partial charge in [-0.2, -0.15) is 9.57 Å². The second kappa shape index (κ2) is 13.1. The number of nitrogens with zero attached hydrogens (tertiary/aromatic N) is 2. The molecule has 0 bridgehead atoms. The smallest absolute Gasteiger partial charge is 0.262 e. The van der Waals surface area contributed by atoms with Gasteiger partial charge >= 0.3 is 0 Å². The fraction of sp³-hybridized carbons (Fsp3) is 0.188. The van der Waals surface area contributed by atoms with Crippen LogP contribution < -0.4 is 5.32 Å². The van der Waals surface area contributed by atoms with Crippen LogP contribution in [0.1, 0.15) is 33.8 Å². The zero-order chi connectivity index (χ0) is 28.5. The van der Waals surface area contributed by atoms with E-state index in [0.717, 1.165) is 22.3 Å². The van der Waals surface area contributed by atoms with Crippen LogP contribution in [-0.2, 0) is 34.3 Å². The lowest BCUT2D eigenvalue weighted by Gasteiger charge is -2.21. The van der Waals surface area contributed by atoms with Crippen molar-refractivity contribution in [1.82, 2.24) is 9.62 Å². The first-order valence-corrected chi connectivity index (χ1v) is 14.3. The summed E-state index contributed by atoms with van der Waals surface area (Å²) < 4.78 is 34.5. The van der Waals surface area contributed by atoms with Gasteiger partial charge in [0.2, 0.25) is 10.0 Å². The average Bonchev–Trinajstić information content (AvgIpc) is 3.40. The predicted octanol–water partition coefficient (Wildman–Crippen LogP) is 5.55. The number of benzene rings is 3. The Morgan fingerprint density at radius 1 is 0.875 bits per heavy atom. The standard InChI is InChI=1S/C32H31N3O4S/c1-24-8-12-27(13-9-24)22-35(40(37,38)31-16-10-25(2)11-17-31)23-30-15-14-29(39-30)20-28(21-33)32(36)34-19-18-26-6-4-3-5-7-26/h3-17,20H,18-19,22-23H2,1-2H3,(H,34,36)/b28-20-. The van der Waals surface area contributed by atoms with Gasteiger partial charge in [0.1, 0.15) is 23.2 Å². The lowest BCUT2D eigenvalue weighted by atomic mass is 10.1. The molecular weight excluding hydrogens is 522 g/mol. The predicted molar refractivity (Wildman–Crippen MR) is 154 cm³/mol. The molecule has 8 heteroatoms. The second-order valence-electron chi connectivity index (χ2n) is 9.54. The Morgan fingerprint density at radius 3 is 2.17 bits per heavy atom. The van der Waals surface area contributed by atoms with Crippen molar-refractivity contribution in [3.63, 3.8) is 0 Å². The molecule has 0 spiro atoms. The van der Waals surface area contributed by atoms with Gasteiger partial charge in [-0.05, 0) is 55.7 Å². The minimum absolute atomic E-state index is 0.0247. The van der Waals surface area contributed by atoms with Crippen LogP contribution in [0.15, 0.2) is 106 Å². The zero-order valence-corrected chi connectivity index (χ0v) is 23.3. The van der Waals surface area contributed by atoms with Crippen molar-refractivity contribution in [2.45, 2.75) is 38.3 Å². The molecule has 0 unspecified atom stereocenters.